The average Bonchev–Trinajstić information content (AvgIpc) is 3.11. The van der Waals surface area contributed by atoms with Crippen LogP contribution in [-0.2, 0) is 6.54 Å². The first kappa shape index (κ1) is 18.9. The van der Waals surface area contributed by atoms with E-state index in [1.54, 1.807) is 11.3 Å². The lowest BCUT2D eigenvalue weighted by Crippen LogP contribution is -2.27. The van der Waals surface area contributed by atoms with Gasteiger partial charge in [-0.3, -0.25) is 0 Å². The largest absolute Gasteiger partial charge is 0.358 e. The van der Waals surface area contributed by atoms with Crippen LogP contribution < -0.4 is 10.6 Å². The summed E-state index contributed by atoms with van der Waals surface area (Å²) in [5.41, 5.74) is 5.45. The van der Waals surface area contributed by atoms with Gasteiger partial charge in [-0.1, -0.05) is 29.8 Å². The van der Waals surface area contributed by atoms with E-state index in [4.69, 9.17) is 28.8 Å². The van der Waals surface area contributed by atoms with Crippen molar-refractivity contribution in [1.29, 1.82) is 0 Å². The second-order valence-electron chi connectivity index (χ2n) is 6.50. The molecule has 0 bridgehead atoms. The maximum Gasteiger partial charge on any atom is 0.171 e. The molecule has 1 aromatic heterocycles. The van der Waals surface area contributed by atoms with Gasteiger partial charge in [0.25, 0.3) is 0 Å². The number of benzene rings is 3. The first-order valence-electron chi connectivity index (χ1n) is 8.84. The molecule has 28 heavy (non-hydrogen) atoms. The van der Waals surface area contributed by atoms with Gasteiger partial charge in [-0.05, 0) is 78.8 Å². The molecule has 0 saturated carbocycles. The number of anilines is 1. The van der Waals surface area contributed by atoms with Crippen molar-refractivity contribution in [3.8, 4) is 10.6 Å². The SMILES string of the molecule is Cc1ccc2nc(-c3ccc(NC(=S)NCc4ccc(Cl)cc4)cc3)sc2c1. The topological polar surface area (TPSA) is 37.0 Å². The molecular formula is C22H18ClN3S2. The van der Waals surface area contributed by atoms with E-state index in [1.807, 2.05) is 36.4 Å². The van der Waals surface area contributed by atoms with E-state index in [9.17, 15) is 0 Å². The minimum absolute atomic E-state index is 0.582. The molecule has 0 atom stereocenters. The fraction of sp³-hybridized carbons (Fsp3) is 0.0909. The molecule has 1 heterocycles. The molecule has 0 fully saturated rings. The minimum Gasteiger partial charge on any atom is -0.358 e. The zero-order valence-electron chi connectivity index (χ0n) is 15.2. The normalized spacial score (nSPS) is 10.8. The lowest BCUT2D eigenvalue weighted by molar-refractivity contribution is 0.926. The highest BCUT2D eigenvalue weighted by molar-refractivity contribution is 7.80. The van der Waals surface area contributed by atoms with E-state index in [0.29, 0.717) is 11.7 Å². The van der Waals surface area contributed by atoms with Crippen LogP contribution in [0.5, 0.6) is 0 Å². The average molecular weight is 424 g/mol. The zero-order chi connectivity index (χ0) is 19.5. The van der Waals surface area contributed by atoms with Crippen molar-refractivity contribution in [1.82, 2.24) is 10.3 Å². The summed E-state index contributed by atoms with van der Waals surface area (Å²) in [7, 11) is 0. The number of hydrogen-bond acceptors (Lipinski definition) is 3. The van der Waals surface area contributed by atoms with Gasteiger partial charge in [0.15, 0.2) is 5.11 Å². The molecule has 0 amide bonds. The molecule has 140 valence electrons. The highest BCUT2D eigenvalue weighted by Crippen LogP contribution is 2.31. The molecule has 4 aromatic rings. The summed E-state index contributed by atoms with van der Waals surface area (Å²) in [5.74, 6) is 0. The smallest absolute Gasteiger partial charge is 0.171 e. The molecule has 0 spiro atoms. The summed E-state index contributed by atoms with van der Waals surface area (Å²) < 4.78 is 1.21. The van der Waals surface area contributed by atoms with E-state index < -0.39 is 0 Å². The number of rotatable bonds is 4. The molecule has 2 N–H and O–H groups in total. The van der Waals surface area contributed by atoms with Crippen LogP contribution in [0, 0.1) is 6.92 Å². The number of thiazole rings is 1. The first-order chi connectivity index (χ1) is 13.6. The summed E-state index contributed by atoms with van der Waals surface area (Å²) in [6.45, 7) is 2.75. The van der Waals surface area contributed by atoms with Crippen LogP contribution in [0.1, 0.15) is 11.1 Å². The van der Waals surface area contributed by atoms with E-state index in [-0.39, 0.29) is 0 Å². The molecule has 0 saturated heterocycles. The van der Waals surface area contributed by atoms with Crippen LogP contribution in [0.4, 0.5) is 5.69 Å². The van der Waals surface area contributed by atoms with Gasteiger partial charge in [0.05, 0.1) is 10.2 Å². The number of hydrogen-bond donors (Lipinski definition) is 2. The molecule has 0 unspecified atom stereocenters. The second-order valence-corrected chi connectivity index (χ2v) is 8.38. The number of nitrogens with zero attached hydrogens (tertiary/aromatic N) is 1. The Labute approximate surface area is 178 Å². The lowest BCUT2D eigenvalue weighted by atomic mass is 10.2. The monoisotopic (exact) mass is 423 g/mol. The minimum atomic E-state index is 0.582. The van der Waals surface area contributed by atoms with Crippen molar-refractivity contribution in [2.45, 2.75) is 13.5 Å². The predicted molar refractivity (Wildman–Crippen MR) is 124 cm³/mol. The summed E-state index contributed by atoms with van der Waals surface area (Å²) in [6, 6.07) is 22.2. The highest BCUT2D eigenvalue weighted by Gasteiger charge is 2.07. The predicted octanol–water partition coefficient (Wildman–Crippen LogP) is 6.41. The number of halogens is 1. The molecule has 0 aliphatic heterocycles. The Kier molecular flexibility index (Phi) is 5.57. The molecule has 3 aromatic carbocycles. The zero-order valence-corrected chi connectivity index (χ0v) is 17.6. The van der Waals surface area contributed by atoms with Crippen molar-refractivity contribution in [3.63, 3.8) is 0 Å². The number of thiocarbonyl (C=S) groups is 1. The van der Waals surface area contributed by atoms with Crippen molar-refractivity contribution in [2.24, 2.45) is 0 Å². The summed E-state index contributed by atoms with van der Waals surface area (Å²) >= 11 is 13.0. The Balaban J connectivity index is 1.39. The third-order valence-electron chi connectivity index (χ3n) is 4.30. The number of nitrogens with one attached hydrogen (secondary N) is 2. The van der Waals surface area contributed by atoms with Crippen molar-refractivity contribution >= 4 is 56.2 Å². The maximum atomic E-state index is 5.91. The Bertz CT molecular complexity index is 1120. The van der Waals surface area contributed by atoms with Crippen LogP contribution in [0.2, 0.25) is 5.02 Å². The van der Waals surface area contributed by atoms with Crippen molar-refractivity contribution in [2.75, 3.05) is 5.32 Å². The van der Waals surface area contributed by atoms with E-state index in [1.165, 1.54) is 10.3 Å². The Morgan fingerprint density at radius 2 is 1.79 bits per heavy atom. The quantitative estimate of drug-likeness (QED) is 0.372. The fourth-order valence-electron chi connectivity index (χ4n) is 2.81. The molecule has 4 rings (SSSR count). The van der Waals surface area contributed by atoms with Gasteiger partial charge in [-0.2, -0.15) is 0 Å². The third kappa shape index (κ3) is 4.50. The third-order valence-corrected chi connectivity index (χ3v) is 5.87. The van der Waals surface area contributed by atoms with Crippen LogP contribution in [0.25, 0.3) is 20.8 Å². The summed E-state index contributed by atoms with van der Waals surface area (Å²) in [5, 5.41) is 8.75. The number of aromatic nitrogens is 1. The lowest BCUT2D eigenvalue weighted by Gasteiger charge is -2.11. The van der Waals surface area contributed by atoms with E-state index in [2.05, 4.69) is 47.9 Å². The standard InChI is InChI=1S/C22H18ClN3S2/c1-14-2-11-19-20(12-14)28-21(26-19)16-5-9-18(10-6-16)25-22(27)24-13-15-3-7-17(23)8-4-15/h2-12H,13H2,1H3,(H2,24,25,27). The maximum absolute atomic E-state index is 5.91. The van der Waals surface area contributed by atoms with Crippen molar-refractivity contribution in [3.05, 3.63) is 82.9 Å². The number of fused-ring (bicyclic) bond motifs is 1. The van der Waals surface area contributed by atoms with Gasteiger partial charge in [0.1, 0.15) is 5.01 Å². The molecule has 0 radical (unpaired) electrons. The highest BCUT2D eigenvalue weighted by atomic mass is 35.5. The van der Waals surface area contributed by atoms with Gasteiger partial charge in [-0.25, -0.2) is 4.98 Å². The van der Waals surface area contributed by atoms with Crippen LogP contribution in [0.3, 0.4) is 0 Å². The molecule has 3 nitrogen and oxygen atoms in total. The Morgan fingerprint density at radius 3 is 2.54 bits per heavy atom. The molecule has 0 aliphatic rings. The van der Waals surface area contributed by atoms with Crippen LogP contribution >= 0.6 is 35.2 Å². The summed E-state index contributed by atoms with van der Waals surface area (Å²) in [6.07, 6.45) is 0. The summed E-state index contributed by atoms with van der Waals surface area (Å²) in [4.78, 5) is 4.73. The molecule has 0 aliphatic carbocycles. The van der Waals surface area contributed by atoms with Gasteiger partial charge in [-0.15, -0.1) is 11.3 Å². The molecule has 6 heteroatoms. The number of aryl methyl sites for hydroxylation is 1. The van der Waals surface area contributed by atoms with Gasteiger partial charge < -0.3 is 10.6 Å². The van der Waals surface area contributed by atoms with E-state index >= 15 is 0 Å². The molecular weight excluding hydrogens is 406 g/mol. The van der Waals surface area contributed by atoms with Crippen LogP contribution in [-0.4, -0.2) is 10.1 Å². The second kappa shape index (κ2) is 8.27. The van der Waals surface area contributed by atoms with Gasteiger partial charge in [0.2, 0.25) is 0 Å². The van der Waals surface area contributed by atoms with Crippen molar-refractivity contribution < 1.29 is 0 Å². The fourth-order valence-corrected chi connectivity index (χ4v) is 4.20. The van der Waals surface area contributed by atoms with Gasteiger partial charge >= 0.3 is 0 Å². The van der Waals surface area contributed by atoms with E-state index in [0.717, 1.165) is 32.4 Å². The van der Waals surface area contributed by atoms with Crippen LogP contribution in [0.15, 0.2) is 66.7 Å². The first-order valence-corrected chi connectivity index (χ1v) is 10.4. The Morgan fingerprint density at radius 1 is 1.04 bits per heavy atom. The Hall–Kier alpha value is -2.47. The van der Waals surface area contributed by atoms with Gasteiger partial charge in [0, 0.05) is 22.8 Å².